The van der Waals surface area contributed by atoms with Crippen LogP contribution in [0.5, 0.6) is 0 Å². The maximum atomic E-state index is 3.54. The van der Waals surface area contributed by atoms with Crippen LogP contribution in [0.15, 0.2) is 0 Å². The van der Waals surface area contributed by atoms with E-state index in [2.05, 4.69) is 26.1 Å². The predicted molar refractivity (Wildman–Crippen MR) is 54.2 cm³/mol. The molecule has 0 amide bonds. The van der Waals surface area contributed by atoms with Crippen LogP contribution < -0.4 is 5.32 Å². The Bertz CT molecular complexity index is 145. The molecule has 0 aromatic heterocycles. The van der Waals surface area contributed by atoms with Crippen molar-refractivity contribution in [1.82, 2.24) is 5.32 Å². The van der Waals surface area contributed by atoms with Crippen molar-refractivity contribution in [3.8, 4) is 0 Å². The third-order valence-electron chi connectivity index (χ3n) is 3.44. The van der Waals surface area contributed by atoms with E-state index in [9.17, 15) is 0 Å². The Kier molecular flexibility index (Phi) is 2.82. The first-order valence-corrected chi connectivity index (χ1v) is 5.34. The number of rotatable bonds is 0. The summed E-state index contributed by atoms with van der Waals surface area (Å²) in [4.78, 5) is 0. The van der Waals surface area contributed by atoms with E-state index in [1.54, 1.807) is 0 Å². The smallest absolute Gasteiger partial charge is 0.00753 e. The van der Waals surface area contributed by atoms with Gasteiger partial charge >= 0.3 is 0 Å². The zero-order valence-corrected chi connectivity index (χ0v) is 9.15. The molecule has 3 atom stereocenters. The third kappa shape index (κ3) is 1.39. The van der Waals surface area contributed by atoms with Gasteiger partial charge in [0.25, 0.3) is 0 Å². The SMILES string of the molecule is CC.CC1NCC2CC(C)(C)C21. The molecule has 72 valence electrons. The molecule has 0 spiro atoms. The second-order valence-corrected chi connectivity index (χ2v) is 4.68. The maximum absolute atomic E-state index is 3.54. The molecular formula is C11H23N. The highest BCUT2D eigenvalue weighted by Gasteiger charge is 2.52. The summed E-state index contributed by atoms with van der Waals surface area (Å²) in [5, 5.41) is 3.54. The summed E-state index contributed by atoms with van der Waals surface area (Å²) in [5.74, 6) is 1.97. The number of hydrogen-bond acceptors (Lipinski definition) is 1. The highest BCUT2D eigenvalue weighted by molar-refractivity contribution is 5.05. The summed E-state index contributed by atoms with van der Waals surface area (Å²) in [6.45, 7) is 12.4. The molecule has 3 unspecified atom stereocenters. The molecule has 0 aromatic rings. The predicted octanol–water partition coefficient (Wildman–Crippen LogP) is 2.67. The largest absolute Gasteiger partial charge is 0.314 e. The van der Waals surface area contributed by atoms with Gasteiger partial charge in [0.2, 0.25) is 0 Å². The summed E-state index contributed by atoms with van der Waals surface area (Å²) >= 11 is 0. The van der Waals surface area contributed by atoms with Crippen LogP contribution in [0.2, 0.25) is 0 Å². The lowest BCUT2D eigenvalue weighted by Crippen LogP contribution is -2.45. The average Bonchev–Trinajstić information content (AvgIpc) is 2.31. The van der Waals surface area contributed by atoms with Gasteiger partial charge < -0.3 is 5.32 Å². The quantitative estimate of drug-likeness (QED) is 0.588. The Morgan fingerprint density at radius 3 is 2.17 bits per heavy atom. The fourth-order valence-corrected chi connectivity index (χ4v) is 3.16. The molecule has 0 aromatic carbocycles. The van der Waals surface area contributed by atoms with E-state index in [1.165, 1.54) is 13.0 Å². The minimum Gasteiger partial charge on any atom is -0.314 e. The molecule has 1 saturated heterocycles. The van der Waals surface area contributed by atoms with Gasteiger partial charge in [-0.25, -0.2) is 0 Å². The molecule has 2 aliphatic rings. The minimum absolute atomic E-state index is 0.633. The molecule has 1 heterocycles. The molecule has 0 radical (unpaired) electrons. The van der Waals surface area contributed by atoms with Crippen LogP contribution in [0.3, 0.4) is 0 Å². The minimum atomic E-state index is 0.633. The van der Waals surface area contributed by atoms with Gasteiger partial charge in [-0.2, -0.15) is 0 Å². The first-order chi connectivity index (χ1) is 5.61. The number of fused-ring (bicyclic) bond motifs is 1. The standard InChI is InChI=1S/C9H17N.C2H6/c1-6-8-7(5-10-6)4-9(8,2)3;1-2/h6-8,10H,4-5H2,1-3H3;1-2H3. The molecule has 0 bridgehead atoms. The maximum Gasteiger partial charge on any atom is 0.00753 e. The molecule has 1 heteroatoms. The van der Waals surface area contributed by atoms with Crippen molar-refractivity contribution in [2.75, 3.05) is 6.54 Å². The topological polar surface area (TPSA) is 12.0 Å². The van der Waals surface area contributed by atoms with Crippen molar-refractivity contribution in [2.24, 2.45) is 17.3 Å². The van der Waals surface area contributed by atoms with Crippen molar-refractivity contribution >= 4 is 0 Å². The normalized spacial score (nSPS) is 42.2. The van der Waals surface area contributed by atoms with Crippen LogP contribution in [0, 0.1) is 17.3 Å². The van der Waals surface area contributed by atoms with E-state index in [0.717, 1.165) is 17.9 Å². The van der Waals surface area contributed by atoms with Gasteiger partial charge in [-0.3, -0.25) is 0 Å². The third-order valence-corrected chi connectivity index (χ3v) is 3.44. The van der Waals surface area contributed by atoms with Crippen molar-refractivity contribution in [3.05, 3.63) is 0 Å². The second-order valence-electron chi connectivity index (χ2n) is 4.68. The second kappa shape index (κ2) is 3.37. The first-order valence-electron chi connectivity index (χ1n) is 5.34. The lowest BCUT2D eigenvalue weighted by atomic mass is 9.55. The van der Waals surface area contributed by atoms with Gasteiger partial charge in [0.15, 0.2) is 0 Å². The monoisotopic (exact) mass is 169 g/mol. The fraction of sp³-hybridized carbons (Fsp3) is 1.00. The van der Waals surface area contributed by atoms with E-state index in [0.29, 0.717) is 5.41 Å². The first kappa shape index (κ1) is 10.0. The highest BCUT2D eigenvalue weighted by atomic mass is 15.0. The zero-order valence-electron chi connectivity index (χ0n) is 9.15. The van der Waals surface area contributed by atoms with Gasteiger partial charge in [-0.1, -0.05) is 27.7 Å². The summed E-state index contributed by atoms with van der Waals surface area (Å²) in [5.41, 5.74) is 0.633. The van der Waals surface area contributed by atoms with Gasteiger partial charge in [0.1, 0.15) is 0 Å². The van der Waals surface area contributed by atoms with Gasteiger partial charge in [-0.05, 0) is 37.1 Å². The molecule has 12 heavy (non-hydrogen) atoms. The van der Waals surface area contributed by atoms with E-state index < -0.39 is 0 Å². The fourth-order valence-electron chi connectivity index (χ4n) is 3.16. The van der Waals surface area contributed by atoms with Crippen molar-refractivity contribution in [3.63, 3.8) is 0 Å². The molecule has 1 aliphatic carbocycles. The van der Waals surface area contributed by atoms with Gasteiger partial charge in [0.05, 0.1) is 0 Å². The van der Waals surface area contributed by atoms with Crippen molar-refractivity contribution in [2.45, 2.75) is 47.1 Å². The Morgan fingerprint density at radius 1 is 1.25 bits per heavy atom. The highest BCUT2D eigenvalue weighted by Crippen LogP contribution is 2.54. The van der Waals surface area contributed by atoms with E-state index >= 15 is 0 Å². The molecule has 1 N–H and O–H groups in total. The van der Waals surface area contributed by atoms with E-state index in [4.69, 9.17) is 0 Å². The lowest BCUT2D eigenvalue weighted by molar-refractivity contribution is 0.0126. The Hall–Kier alpha value is -0.0400. The van der Waals surface area contributed by atoms with Crippen molar-refractivity contribution < 1.29 is 0 Å². The van der Waals surface area contributed by atoms with Crippen LogP contribution in [-0.2, 0) is 0 Å². The molecule has 1 nitrogen and oxygen atoms in total. The number of hydrogen-bond donors (Lipinski definition) is 1. The van der Waals surface area contributed by atoms with Gasteiger partial charge in [0, 0.05) is 6.04 Å². The van der Waals surface area contributed by atoms with Crippen LogP contribution in [-0.4, -0.2) is 12.6 Å². The summed E-state index contributed by atoms with van der Waals surface area (Å²) in [7, 11) is 0. The zero-order chi connectivity index (χ0) is 9.35. The summed E-state index contributed by atoms with van der Waals surface area (Å²) in [6, 6.07) is 0.772. The molecule has 2 rings (SSSR count). The lowest BCUT2D eigenvalue weighted by Gasteiger charge is -2.49. The Morgan fingerprint density at radius 2 is 1.83 bits per heavy atom. The summed E-state index contributed by atoms with van der Waals surface area (Å²) in [6.07, 6.45) is 1.44. The Balaban J connectivity index is 0.000000336. The van der Waals surface area contributed by atoms with Crippen LogP contribution in [0.25, 0.3) is 0 Å². The molecule has 1 saturated carbocycles. The molecule has 1 aliphatic heterocycles. The van der Waals surface area contributed by atoms with Gasteiger partial charge in [-0.15, -0.1) is 0 Å². The molecule has 2 fully saturated rings. The molecular weight excluding hydrogens is 146 g/mol. The van der Waals surface area contributed by atoms with E-state index in [1.807, 2.05) is 13.8 Å². The van der Waals surface area contributed by atoms with Crippen LogP contribution in [0.4, 0.5) is 0 Å². The average molecular weight is 169 g/mol. The van der Waals surface area contributed by atoms with Crippen LogP contribution in [0.1, 0.15) is 41.0 Å². The Labute approximate surface area is 76.9 Å². The number of nitrogens with one attached hydrogen (secondary N) is 1. The van der Waals surface area contributed by atoms with E-state index in [-0.39, 0.29) is 0 Å². The summed E-state index contributed by atoms with van der Waals surface area (Å²) < 4.78 is 0. The van der Waals surface area contributed by atoms with Crippen LogP contribution >= 0.6 is 0 Å². The van der Waals surface area contributed by atoms with Crippen molar-refractivity contribution in [1.29, 1.82) is 0 Å².